The smallest absolute Gasteiger partial charge is 0.412 e. The molecule has 0 bridgehead atoms. The van der Waals surface area contributed by atoms with E-state index in [4.69, 9.17) is 19.5 Å². The maximum atomic E-state index is 12.2. The minimum absolute atomic E-state index is 0.169. The number of rotatable bonds is 8. The summed E-state index contributed by atoms with van der Waals surface area (Å²) >= 11 is 0. The van der Waals surface area contributed by atoms with Crippen molar-refractivity contribution in [3.63, 3.8) is 0 Å². The van der Waals surface area contributed by atoms with Crippen LogP contribution in [0.4, 0.5) is 22.1 Å². The molecule has 0 saturated carbocycles. The Morgan fingerprint density at radius 2 is 1.59 bits per heavy atom. The van der Waals surface area contributed by atoms with Crippen LogP contribution in [0.15, 0.2) is 96.0 Å². The van der Waals surface area contributed by atoms with Gasteiger partial charge in [0.15, 0.2) is 5.82 Å². The molecule has 1 amide bonds. The Morgan fingerprint density at radius 3 is 2.19 bits per heavy atom. The van der Waals surface area contributed by atoms with Gasteiger partial charge in [0.25, 0.3) is 0 Å². The molecular formula is C30H28N4O3. The number of nitrogens with one attached hydrogen (secondary N) is 2. The highest BCUT2D eigenvalue weighted by molar-refractivity contribution is 6.08. The van der Waals surface area contributed by atoms with E-state index in [0.29, 0.717) is 18.1 Å². The van der Waals surface area contributed by atoms with Crippen molar-refractivity contribution in [2.45, 2.75) is 19.4 Å². The summed E-state index contributed by atoms with van der Waals surface area (Å²) < 4.78 is 10.4. The zero-order chi connectivity index (χ0) is 25.6. The van der Waals surface area contributed by atoms with Crippen molar-refractivity contribution in [2.75, 3.05) is 24.4 Å². The largest absolute Gasteiger partial charge is 0.497 e. The van der Waals surface area contributed by atoms with E-state index >= 15 is 0 Å². The molecule has 0 saturated heterocycles. The first-order valence-electron chi connectivity index (χ1n) is 12.2. The summed E-state index contributed by atoms with van der Waals surface area (Å²) in [6, 6.07) is 29.9. The maximum Gasteiger partial charge on any atom is 0.412 e. The van der Waals surface area contributed by atoms with Gasteiger partial charge in [0.2, 0.25) is 0 Å². The lowest BCUT2D eigenvalue weighted by Crippen LogP contribution is -2.17. The summed E-state index contributed by atoms with van der Waals surface area (Å²) in [7, 11) is 1.65. The second-order valence-corrected chi connectivity index (χ2v) is 8.57. The third-order valence-corrected chi connectivity index (χ3v) is 6.15. The molecule has 0 aliphatic carbocycles. The average Bonchev–Trinajstić information content (AvgIpc) is 3.37. The Bertz CT molecular complexity index is 1360. The normalized spacial score (nSPS) is 12.0. The number of carbonyl (C=O) groups is 1. The summed E-state index contributed by atoms with van der Waals surface area (Å²) in [5, 5.41) is 6.37. The molecule has 186 valence electrons. The molecule has 1 aliphatic rings. The number of carbonyl (C=O) groups excluding carboxylic acids is 1. The van der Waals surface area contributed by atoms with E-state index in [1.54, 1.807) is 14.0 Å². The molecule has 0 fully saturated rings. The quantitative estimate of drug-likeness (QED) is 0.292. The number of nitrogens with zero attached hydrogens (tertiary/aromatic N) is 2. The minimum Gasteiger partial charge on any atom is -0.497 e. The SMILES string of the molecule is CCOC(=O)Nc1cc2c(c(NC(c3ccccc3)c3ccccc3)n1)N=C(c1ccc(OC)cc1)C2. The second kappa shape index (κ2) is 11.0. The van der Waals surface area contributed by atoms with Crippen LogP contribution in [0.5, 0.6) is 5.75 Å². The van der Waals surface area contributed by atoms with Gasteiger partial charge in [-0.1, -0.05) is 60.7 Å². The molecule has 2 N–H and O–H groups in total. The van der Waals surface area contributed by atoms with E-state index in [9.17, 15) is 4.79 Å². The van der Waals surface area contributed by atoms with E-state index in [1.807, 2.05) is 66.7 Å². The van der Waals surface area contributed by atoms with Gasteiger partial charge in [-0.25, -0.2) is 14.8 Å². The third kappa shape index (κ3) is 5.46. The van der Waals surface area contributed by atoms with Crippen molar-refractivity contribution in [3.05, 3.63) is 113 Å². The number of aliphatic imine (C=N–C) groups is 1. The van der Waals surface area contributed by atoms with Crippen molar-refractivity contribution in [1.29, 1.82) is 0 Å². The van der Waals surface area contributed by atoms with Crippen molar-refractivity contribution in [1.82, 2.24) is 4.98 Å². The molecule has 7 heteroatoms. The van der Waals surface area contributed by atoms with E-state index in [-0.39, 0.29) is 12.6 Å². The Balaban J connectivity index is 1.56. The van der Waals surface area contributed by atoms with E-state index in [2.05, 4.69) is 34.9 Å². The fraction of sp³-hybridized carbons (Fsp3) is 0.167. The topological polar surface area (TPSA) is 84.8 Å². The first kappa shape index (κ1) is 24.1. The van der Waals surface area contributed by atoms with Crippen molar-refractivity contribution < 1.29 is 14.3 Å². The van der Waals surface area contributed by atoms with E-state index in [0.717, 1.165) is 39.4 Å². The molecule has 2 heterocycles. The number of pyridine rings is 1. The molecule has 5 rings (SSSR count). The highest BCUT2D eigenvalue weighted by Crippen LogP contribution is 2.39. The number of benzene rings is 3. The average molecular weight is 493 g/mol. The Morgan fingerprint density at radius 1 is 0.946 bits per heavy atom. The van der Waals surface area contributed by atoms with E-state index < -0.39 is 6.09 Å². The minimum atomic E-state index is -0.544. The fourth-order valence-electron chi connectivity index (χ4n) is 4.38. The third-order valence-electron chi connectivity index (χ3n) is 6.15. The predicted molar refractivity (Wildman–Crippen MR) is 146 cm³/mol. The van der Waals surface area contributed by atoms with Gasteiger partial charge in [0.1, 0.15) is 17.3 Å². The zero-order valence-corrected chi connectivity index (χ0v) is 20.8. The molecule has 7 nitrogen and oxygen atoms in total. The molecule has 37 heavy (non-hydrogen) atoms. The fourth-order valence-corrected chi connectivity index (χ4v) is 4.38. The Hall–Kier alpha value is -4.65. The number of hydrogen-bond acceptors (Lipinski definition) is 6. The molecule has 4 aromatic rings. The lowest BCUT2D eigenvalue weighted by molar-refractivity contribution is 0.168. The maximum absolute atomic E-state index is 12.2. The molecule has 3 aromatic carbocycles. The lowest BCUT2D eigenvalue weighted by Gasteiger charge is -2.22. The Kier molecular flexibility index (Phi) is 7.12. The molecular weight excluding hydrogens is 464 g/mol. The van der Waals surface area contributed by atoms with Crippen LogP contribution in [0.3, 0.4) is 0 Å². The highest BCUT2D eigenvalue weighted by atomic mass is 16.5. The van der Waals surface area contributed by atoms with Crippen molar-refractivity contribution in [3.8, 4) is 5.75 Å². The summed E-state index contributed by atoms with van der Waals surface area (Å²) in [6.45, 7) is 2.04. The number of ether oxygens (including phenoxy) is 2. The molecule has 1 aliphatic heterocycles. The number of methoxy groups -OCH3 is 1. The summed E-state index contributed by atoms with van der Waals surface area (Å²) in [5.74, 6) is 1.79. The van der Waals surface area contributed by atoms with Crippen LogP contribution in [0.1, 0.15) is 35.2 Å². The van der Waals surface area contributed by atoms with Gasteiger partial charge in [-0.15, -0.1) is 0 Å². The van der Waals surface area contributed by atoms with Crippen molar-refractivity contribution in [2.24, 2.45) is 4.99 Å². The predicted octanol–water partition coefficient (Wildman–Crippen LogP) is 6.54. The Labute approximate surface area is 216 Å². The zero-order valence-electron chi connectivity index (χ0n) is 20.8. The number of anilines is 2. The van der Waals surface area contributed by atoms with Crippen LogP contribution in [-0.4, -0.2) is 30.5 Å². The van der Waals surface area contributed by atoms with Crippen LogP contribution in [0, 0.1) is 0 Å². The standard InChI is InChI=1S/C30H28N4O3/c1-3-37-30(35)33-26-19-23-18-25(20-14-16-24(36-2)17-15-20)31-28(23)29(32-26)34-27(21-10-6-4-7-11-21)22-12-8-5-9-13-22/h4-17,19,27H,3,18H2,1-2H3,(H2,32,33,34,35). The first-order valence-corrected chi connectivity index (χ1v) is 12.2. The number of amides is 1. The van der Waals surface area contributed by atoms with Gasteiger partial charge >= 0.3 is 6.09 Å². The summed E-state index contributed by atoms with van der Waals surface area (Å²) in [6.07, 6.45) is 0.0652. The van der Waals surface area contributed by atoms with Crippen LogP contribution < -0.4 is 15.4 Å². The van der Waals surface area contributed by atoms with Gasteiger partial charge in [-0.05, 0) is 59.5 Å². The number of fused-ring (bicyclic) bond motifs is 1. The molecule has 0 unspecified atom stereocenters. The van der Waals surface area contributed by atoms with Gasteiger partial charge < -0.3 is 14.8 Å². The van der Waals surface area contributed by atoms with Gasteiger partial charge in [0.05, 0.1) is 25.5 Å². The van der Waals surface area contributed by atoms with Crippen LogP contribution in [-0.2, 0) is 11.2 Å². The van der Waals surface area contributed by atoms with Crippen LogP contribution in [0.2, 0.25) is 0 Å². The van der Waals surface area contributed by atoms with Crippen molar-refractivity contribution >= 4 is 29.1 Å². The number of hydrogen-bond donors (Lipinski definition) is 2. The van der Waals surface area contributed by atoms with Gasteiger partial charge in [0, 0.05) is 6.42 Å². The van der Waals surface area contributed by atoms with Crippen LogP contribution in [0.25, 0.3) is 0 Å². The summed E-state index contributed by atoms with van der Waals surface area (Å²) in [4.78, 5) is 21.9. The number of aromatic nitrogens is 1. The molecule has 0 radical (unpaired) electrons. The van der Waals surface area contributed by atoms with E-state index in [1.165, 1.54) is 0 Å². The molecule has 0 atom stereocenters. The van der Waals surface area contributed by atoms with Gasteiger partial charge in [-0.2, -0.15) is 0 Å². The van der Waals surface area contributed by atoms with Gasteiger partial charge in [-0.3, -0.25) is 5.32 Å². The molecule has 1 aromatic heterocycles. The lowest BCUT2D eigenvalue weighted by atomic mass is 9.98. The molecule has 0 spiro atoms. The second-order valence-electron chi connectivity index (χ2n) is 8.57. The van der Waals surface area contributed by atoms with Crippen LogP contribution >= 0.6 is 0 Å². The monoisotopic (exact) mass is 492 g/mol. The first-order chi connectivity index (χ1) is 18.1. The highest BCUT2D eigenvalue weighted by Gasteiger charge is 2.25. The summed E-state index contributed by atoms with van der Waals surface area (Å²) in [5.41, 5.74) is 5.83.